The van der Waals surface area contributed by atoms with Gasteiger partial charge in [0.15, 0.2) is 11.5 Å². The van der Waals surface area contributed by atoms with E-state index in [2.05, 4.69) is 10.1 Å². The molecule has 1 fully saturated rings. The highest BCUT2D eigenvalue weighted by molar-refractivity contribution is 5.85. The highest BCUT2D eigenvalue weighted by atomic mass is 16.5. The molecule has 0 aromatic carbocycles. The van der Waals surface area contributed by atoms with Gasteiger partial charge in [0, 0.05) is 6.07 Å². The molecule has 82 valence electrons. The molecule has 2 rings (SSSR count). The van der Waals surface area contributed by atoms with Crippen molar-refractivity contribution in [2.75, 3.05) is 13.6 Å². The molecule has 0 bridgehead atoms. The number of nitrogens with zero attached hydrogens (tertiary/aromatic N) is 2. The number of carbonyl (C=O) groups is 1. The average molecular weight is 210 g/mol. The van der Waals surface area contributed by atoms with Crippen LogP contribution in [0.1, 0.15) is 41.6 Å². The second-order valence-corrected chi connectivity index (χ2v) is 3.91. The van der Waals surface area contributed by atoms with Gasteiger partial charge >= 0.3 is 5.97 Å². The Morgan fingerprint density at radius 1 is 1.67 bits per heavy atom. The zero-order chi connectivity index (χ0) is 10.8. The number of aromatic nitrogens is 1. The fraction of sp³-hybridized carbons (Fsp3) is 0.600. The van der Waals surface area contributed by atoms with Gasteiger partial charge in [0.05, 0.1) is 6.04 Å². The SMILES string of the molecule is CN1CCCCC1c1cc(C(=O)O)no1. The highest BCUT2D eigenvalue weighted by Gasteiger charge is 2.25. The standard InChI is InChI=1S/C10H14N2O3/c1-12-5-3-2-4-8(12)9-6-7(10(13)14)11-15-9/h6,8H,2-5H2,1H3,(H,13,14). The van der Waals surface area contributed by atoms with E-state index in [1.165, 1.54) is 12.5 Å². The molecule has 2 heterocycles. The van der Waals surface area contributed by atoms with Crippen molar-refractivity contribution in [2.45, 2.75) is 25.3 Å². The van der Waals surface area contributed by atoms with Crippen LogP contribution in [0.25, 0.3) is 0 Å². The Kier molecular flexibility index (Phi) is 2.73. The minimum Gasteiger partial charge on any atom is -0.476 e. The third-order valence-electron chi connectivity index (χ3n) is 2.85. The van der Waals surface area contributed by atoms with Crippen LogP contribution in [0, 0.1) is 0 Å². The van der Waals surface area contributed by atoms with Gasteiger partial charge in [-0.1, -0.05) is 11.6 Å². The van der Waals surface area contributed by atoms with Crippen LogP contribution in [-0.4, -0.2) is 34.7 Å². The first-order chi connectivity index (χ1) is 7.18. The van der Waals surface area contributed by atoms with Crippen molar-refractivity contribution in [3.05, 3.63) is 17.5 Å². The summed E-state index contributed by atoms with van der Waals surface area (Å²) in [5.41, 5.74) is -0.0102. The quantitative estimate of drug-likeness (QED) is 0.801. The topological polar surface area (TPSA) is 66.6 Å². The maximum Gasteiger partial charge on any atom is 0.358 e. The van der Waals surface area contributed by atoms with Crippen LogP contribution >= 0.6 is 0 Å². The first kappa shape index (κ1) is 10.2. The lowest BCUT2D eigenvalue weighted by Crippen LogP contribution is -2.29. The number of rotatable bonds is 2. The summed E-state index contributed by atoms with van der Waals surface area (Å²) in [6.45, 7) is 1.02. The Labute approximate surface area is 87.7 Å². The Balaban J connectivity index is 2.17. The summed E-state index contributed by atoms with van der Waals surface area (Å²) in [5.74, 6) is -0.377. The maximum absolute atomic E-state index is 10.6. The largest absolute Gasteiger partial charge is 0.476 e. The predicted octanol–water partition coefficient (Wildman–Crippen LogP) is 1.53. The predicted molar refractivity (Wildman–Crippen MR) is 52.7 cm³/mol. The minimum atomic E-state index is -1.04. The van der Waals surface area contributed by atoms with Crippen LogP contribution < -0.4 is 0 Å². The molecule has 1 saturated heterocycles. The first-order valence-electron chi connectivity index (χ1n) is 5.08. The summed E-state index contributed by atoms with van der Waals surface area (Å²) in [5, 5.41) is 12.3. The van der Waals surface area contributed by atoms with Crippen molar-refractivity contribution in [1.29, 1.82) is 0 Å². The lowest BCUT2D eigenvalue weighted by atomic mass is 10.0. The van der Waals surface area contributed by atoms with Gasteiger partial charge < -0.3 is 9.63 Å². The molecule has 1 aliphatic heterocycles. The molecular formula is C10H14N2O3. The Morgan fingerprint density at radius 2 is 2.47 bits per heavy atom. The summed E-state index contributed by atoms with van der Waals surface area (Å²) in [6, 6.07) is 1.70. The van der Waals surface area contributed by atoms with E-state index in [0.717, 1.165) is 19.4 Å². The molecule has 1 aromatic heterocycles. The second kappa shape index (κ2) is 4.02. The molecular weight excluding hydrogens is 196 g/mol. The van der Waals surface area contributed by atoms with E-state index in [1.807, 2.05) is 7.05 Å². The molecule has 0 radical (unpaired) electrons. The minimum absolute atomic E-state index is 0.0102. The summed E-state index contributed by atoms with van der Waals surface area (Å²) < 4.78 is 5.06. The van der Waals surface area contributed by atoms with Crippen molar-refractivity contribution < 1.29 is 14.4 Å². The molecule has 1 atom stereocenters. The number of aromatic carboxylic acids is 1. The molecule has 5 nitrogen and oxygen atoms in total. The van der Waals surface area contributed by atoms with Crippen molar-refractivity contribution in [3.8, 4) is 0 Å². The van der Waals surface area contributed by atoms with Gasteiger partial charge in [-0.05, 0) is 26.4 Å². The zero-order valence-corrected chi connectivity index (χ0v) is 8.64. The van der Waals surface area contributed by atoms with E-state index in [9.17, 15) is 4.79 Å². The number of carboxylic acids is 1. The lowest BCUT2D eigenvalue weighted by Gasteiger charge is -2.30. The summed E-state index contributed by atoms with van der Waals surface area (Å²) >= 11 is 0. The summed E-state index contributed by atoms with van der Waals surface area (Å²) in [7, 11) is 2.02. The van der Waals surface area contributed by atoms with Crippen molar-refractivity contribution >= 4 is 5.97 Å². The van der Waals surface area contributed by atoms with E-state index in [0.29, 0.717) is 5.76 Å². The normalized spacial score (nSPS) is 22.9. The van der Waals surface area contributed by atoms with Crippen molar-refractivity contribution in [1.82, 2.24) is 10.1 Å². The fourth-order valence-corrected chi connectivity index (χ4v) is 1.98. The molecule has 1 aromatic rings. The van der Waals surface area contributed by atoms with Gasteiger partial charge in [-0.25, -0.2) is 4.79 Å². The lowest BCUT2D eigenvalue weighted by molar-refractivity contribution is 0.0685. The third-order valence-corrected chi connectivity index (χ3v) is 2.85. The van der Waals surface area contributed by atoms with Gasteiger partial charge in [-0.15, -0.1) is 0 Å². The average Bonchev–Trinajstić information content (AvgIpc) is 2.67. The van der Waals surface area contributed by atoms with Gasteiger partial charge in [0.2, 0.25) is 0 Å². The van der Waals surface area contributed by atoms with E-state index >= 15 is 0 Å². The first-order valence-corrected chi connectivity index (χ1v) is 5.08. The maximum atomic E-state index is 10.6. The molecule has 0 saturated carbocycles. The molecule has 1 aliphatic rings. The van der Waals surface area contributed by atoms with Crippen LogP contribution in [0.4, 0.5) is 0 Å². The van der Waals surface area contributed by atoms with Crippen LogP contribution in [0.2, 0.25) is 0 Å². The molecule has 0 spiro atoms. The number of piperidine rings is 1. The number of carboxylic acid groups (broad SMARTS) is 1. The molecule has 0 amide bonds. The summed E-state index contributed by atoms with van der Waals surface area (Å²) in [4.78, 5) is 12.8. The molecule has 15 heavy (non-hydrogen) atoms. The Morgan fingerprint density at radius 3 is 3.07 bits per heavy atom. The summed E-state index contributed by atoms with van der Waals surface area (Å²) in [6.07, 6.45) is 3.34. The van der Waals surface area contributed by atoms with E-state index in [4.69, 9.17) is 9.63 Å². The highest BCUT2D eigenvalue weighted by Crippen LogP contribution is 2.29. The van der Waals surface area contributed by atoms with Gasteiger partial charge in [-0.3, -0.25) is 4.90 Å². The van der Waals surface area contributed by atoms with E-state index in [-0.39, 0.29) is 11.7 Å². The Bertz CT molecular complexity index is 361. The molecule has 1 N–H and O–H groups in total. The molecule has 5 heteroatoms. The zero-order valence-electron chi connectivity index (χ0n) is 8.64. The van der Waals surface area contributed by atoms with Gasteiger partial charge in [0.25, 0.3) is 0 Å². The monoisotopic (exact) mass is 210 g/mol. The molecule has 0 aliphatic carbocycles. The third kappa shape index (κ3) is 2.02. The van der Waals surface area contributed by atoms with Crippen molar-refractivity contribution in [2.24, 2.45) is 0 Å². The van der Waals surface area contributed by atoms with E-state index in [1.54, 1.807) is 0 Å². The Hall–Kier alpha value is -1.36. The number of hydrogen-bond donors (Lipinski definition) is 1. The van der Waals surface area contributed by atoms with Gasteiger partial charge in [-0.2, -0.15) is 0 Å². The van der Waals surface area contributed by atoms with Crippen LogP contribution in [0.5, 0.6) is 0 Å². The van der Waals surface area contributed by atoms with Crippen molar-refractivity contribution in [3.63, 3.8) is 0 Å². The second-order valence-electron chi connectivity index (χ2n) is 3.91. The number of hydrogen-bond acceptors (Lipinski definition) is 4. The van der Waals surface area contributed by atoms with Gasteiger partial charge in [0.1, 0.15) is 0 Å². The van der Waals surface area contributed by atoms with E-state index < -0.39 is 5.97 Å². The van der Waals surface area contributed by atoms with Crippen LogP contribution in [0.3, 0.4) is 0 Å². The molecule has 1 unspecified atom stereocenters. The van der Waals surface area contributed by atoms with Crippen LogP contribution in [-0.2, 0) is 0 Å². The number of likely N-dealkylation sites (tertiary alicyclic amines) is 1. The van der Waals surface area contributed by atoms with Crippen LogP contribution in [0.15, 0.2) is 10.6 Å². The smallest absolute Gasteiger partial charge is 0.358 e. The fourth-order valence-electron chi connectivity index (χ4n) is 1.98.